The zero-order chi connectivity index (χ0) is 29.1. The average Bonchev–Trinajstić information content (AvgIpc) is 3.36. The maximum Gasteiger partial charge on any atom is 0.319 e. The van der Waals surface area contributed by atoms with Crippen LogP contribution in [0.15, 0.2) is 36.4 Å². The summed E-state index contributed by atoms with van der Waals surface area (Å²) in [6.45, 7) is 5.17. The molecule has 3 aliphatic rings. The molecule has 3 amide bonds. The van der Waals surface area contributed by atoms with E-state index in [1.807, 2.05) is 17.0 Å². The van der Waals surface area contributed by atoms with E-state index in [9.17, 15) is 18.4 Å². The lowest BCUT2D eigenvalue weighted by molar-refractivity contribution is -0.134. The van der Waals surface area contributed by atoms with E-state index in [4.69, 9.17) is 9.47 Å². The molecule has 3 fully saturated rings. The Labute approximate surface area is 240 Å². The molecule has 0 radical (unpaired) electrons. The third-order valence-electron chi connectivity index (χ3n) is 9.29. The molecule has 2 aromatic rings. The van der Waals surface area contributed by atoms with Crippen molar-refractivity contribution in [3.63, 3.8) is 0 Å². The van der Waals surface area contributed by atoms with Gasteiger partial charge in [0.25, 0.3) is 0 Å². The fourth-order valence-corrected chi connectivity index (χ4v) is 6.89. The predicted octanol–water partition coefficient (Wildman–Crippen LogP) is 4.93. The molecule has 0 bridgehead atoms. The number of nitrogens with one attached hydrogen (secondary N) is 2. The fraction of sp³-hybridized carbons (Fsp3) is 0.548. The highest BCUT2D eigenvalue weighted by molar-refractivity contribution is 5.89. The van der Waals surface area contributed by atoms with Crippen LogP contribution in [0.4, 0.5) is 19.3 Å². The number of carbonyl (C=O) groups excluding carboxylic acids is 2. The van der Waals surface area contributed by atoms with Gasteiger partial charge >= 0.3 is 6.03 Å². The summed E-state index contributed by atoms with van der Waals surface area (Å²) in [6.07, 6.45) is 5.10. The van der Waals surface area contributed by atoms with E-state index in [1.165, 1.54) is 6.07 Å². The van der Waals surface area contributed by atoms with Crippen molar-refractivity contribution in [2.24, 2.45) is 5.92 Å². The number of carbonyl (C=O) groups is 2. The van der Waals surface area contributed by atoms with Gasteiger partial charge in [-0.3, -0.25) is 9.69 Å². The van der Waals surface area contributed by atoms with Gasteiger partial charge in [0.1, 0.15) is 0 Å². The standard InChI is InChI=1S/C31H40F2N4O4/c1-20-9-13-36(14-10-20)19-29(38)37-15-12-31(21-4-7-26(40-2)27(16-21)41-3)11-8-23(18-28(31)37)35-30(39)34-22-5-6-24(32)25(33)17-22/h4-7,16-17,20,23,28H,8-15,18-19H2,1-3H3,(H2,34,35,39)/t23-,28+,31-/m0/s1. The molecule has 3 atom stereocenters. The molecule has 0 unspecified atom stereocenters. The Morgan fingerprint density at radius 3 is 2.41 bits per heavy atom. The Morgan fingerprint density at radius 1 is 0.951 bits per heavy atom. The molecule has 8 nitrogen and oxygen atoms in total. The van der Waals surface area contributed by atoms with E-state index in [1.54, 1.807) is 14.2 Å². The highest BCUT2D eigenvalue weighted by atomic mass is 19.2. The number of urea groups is 1. The first-order valence-electron chi connectivity index (χ1n) is 14.5. The lowest BCUT2D eigenvalue weighted by Crippen LogP contribution is -2.55. The van der Waals surface area contributed by atoms with Crippen molar-refractivity contribution in [1.82, 2.24) is 15.1 Å². The van der Waals surface area contributed by atoms with Gasteiger partial charge in [-0.25, -0.2) is 13.6 Å². The number of fused-ring (bicyclic) bond motifs is 1. The second-order valence-electron chi connectivity index (χ2n) is 11.7. The topological polar surface area (TPSA) is 83.1 Å². The Morgan fingerprint density at radius 2 is 1.71 bits per heavy atom. The number of hydrogen-bond donors (Lipinski definition) is 2. The number of rotatable bonds is 7. The predicted molar refractivity (Wildman–Crippen MR) is 152 cm³/mol. The monoisotopic (exact) mass is 570 g/mol. The molecule has 2 heterocycles. The Balaban J connectivity index is 1.35. The van der Waals surface area contributed by atoms with E-state index in [2.05, 4.69) is 28.5 Å². The van der Waals surface area contributed by atoms with Crippen molar-refractivity contribution < 1.29 is 27.8 Å². The van der Waals surface area contributed by atoms with Crippen molar-refractivity contribution in [3.05, 3.63) is 53.6 Å². The summed E-state index contributed by atoms with van der Waals surface area (Å²) in [6, 6.07) is 8.47. The minimum atomic E-state index is -1.02. The molecule has 222 valence electrons. The van der Waals surface area contributed by atoms with Crippen LogP contribution in [-0.4, -0.2) is 74.2 Å². The molecule has 2 aromatic carbocycles. The summed E-state index contributed by atoms with van der Waals surface area (Å²) < 4.78 is 38.0. The van der Waals surface area contributed by atoms with Crippen molar-refractivity contribution in [2.75, 3.05) is 45.7 Å². The maximum absolute atomic E-state index is 13.8. The van der Waals surface area contributed by atoms with Crippen LogP contribution >= 0.6 is 0 Å². The molecule has 0 spiro atoms. The van der Waals surface area contributed by atoms with Gasteiger partial charge in [-0.2, -0.15) is 0 Å². The second kappa shape index (κ2) is 12.2. The normalized spacial score (nSPS) is 25.0. The van der Waals surface area contributed by atoms with Gasteiger partial charge in [-0.15, -0.1) is 0 Å². The number of hydrogen-bond acceptors (Lipinski definition) is 5. The van der Waals surface area contributed by atoms with E-state index in [0.717, 1.165) is 56.5 Å². The van der Waals surface area contributed by atoms with Crippen molar-refractivity contribution in [2.45, 2.75) is 62.9 Å². The Bertz CT molecular complexity index is 1270. The van der Waals surface area contributed by atoms with Gasteiger partial charge in [-0.05, 0) is 87.4 Å². The molecule has 1 saturated carbocycles. The van der Waals surface area contributed by atoms with Gasteiger partial charge in [0.15, 0.2) is 23.1 Å². The molecule has 1 aliphatic carbocycles. The molecular formula is C31H40F2N4O4. The van der Waals surface area contributed by atoms with Crippen molar-refractivity contribution >= 4 is 17.6 Å². The number of benzene rings is 2. The minimum absolute atomic E-state index is 0.112. The van der Waals surface area contributed by atoms with Gasteiger partial charge in [0, 0.05) is 35.8 Å². The van der Waals surface area contributed by atoms with Gasteiger partial charge in [0.2, 0.25) is 5.91 Å². The zero-order valence-electron chi connectivity index (χ0n) is 24.1. The second-order valence-corrected chi connectivity index (χ2v) is 11.7. The van der Waals surface area contributed by atoms with Crippen molar-refractivity contribution in [1.29, 1.82) is 0 Å². The number of anilines is 1. The van der Waals surface area contributed by atoms with Crippen LogP contribution in [0, 0.1) is 17.6 Å². The number of amides is 3. The Kier molecular flexibility index (Phi) is 8.68. The van der Waals surface area contributed by atoms with Crippen LogP contribution in [0.25, 0.3) is 0 Å². The van der Waals surface area contributed by atoms with Crippen LogP contribution < -0.4 is 20.1 Å². The minimum Gasteiger partial charge on any atom is -0.493 e. The van der Waals surface area contributed by atoms with Gasteiger partial charge in [-0.1, -0.05) is 13.0 Å². The summed E-state index contributed by atoms with van der Waals surface area (Å²) in [5.41, 5.74) is 0.998. The van der Waals surface area contributed by atoms with E-state index < -0.39 is 17.7 Å². The molecule has 2 aliphatic heterocycles. The first-order valence-corrected chi connectivity index (χ1v) is 14.5. The number of halogens is 2. The molecule has 41 heavy (non-hydrogen) atoms. The summed E-state index contributed by atoms with van der Waals surface area (Å²) >= 11 is 0. The molecule has 2 N–H and O–H groups in total. The quantitative estimate of drug-likeness (QED) is 0.494. The van der Waals surface area contributed by atoms with Crippen LogP contribution in [0.5, 0.6) is 11.5 Å². The summed E-state index contributed by atoms with van der Waals surface area (Å²) in [4.78, 5) is 30.9. The highest BCUT2D eigenvalue weighted by Gasteiger charge is 2.53. The van der Waals surface area contributed by atoms with E-state index in [-0.39, 0.29) is 29.1 Å². The summed E-state index contributed by atoms with van der Waals surface area (Å²) in [5.74, 6) is 0.116. The first-order chi connectivity index (χ1) is 19.7. The van der Waals surface area contributed by atoms with Crippen LogP contribution in [0.2, 0.25) is 0 Å². The molecular weight excluding hydrogens is 530 g/mol. The molecule has 0 aromatic heterocycles. The highest BCUT2D eigenvalue weighted by Crippen LogP contribution is 2.50. The molecule has 2 saturated heterocycles. The van der Waals surface area contributed by atoms with Crippen LogP contribution in [-0.2, 0) is 10.2 Å². The Hall–Kier alpha value is -3.40. The largest absolute Gasteiger partial charge is 0.493 e. The number of piperidine rings is 1. The first kappa shape index (κ1) is 29.1. The maximum atomic E-state index is 13.8. The number of ether oxygens (including phenoxy) is 2. The smallest absolute Gasteiger partial charge is 0.319 e. The summed E-state index contributed by atoms with van der Waals surface area (Å²) in [5, 5.41) is 5.61. The summed E-state index contributed by atoms with van der Waals surface area (Å²) in [7, 11) is 3.23. The van der Waals surface area contributed by atoms with E-state index in [0.29, 0.717) is 43.3 Å². The van der Waals surface area contributed by atoms with Crippen LogP contribution in [0.3, 0.4) is 0 Å². The SMILES string of the molecule is COc1ccc([C@@]23CC[C@H](NC(=O)Nc4ccc(F)c(F)c4)C[C@H]2N(C(=O)CN2CCC(C)CC2)CC3)cc1OC. The van der Waals surface area contributed by atoms with Crippen molar-refractivity contribution in [3.8, 4) is 11.5 Å². The zero-order valence-corrected chi connectivity index (χ0v) is 24.1. The van der Waals surface area contributed by atoms with Gasteiger partial charge < -0.3 is 25.0 Å². The number of methoxy groups -OCH3 is 2. The fourth-order valence-electron chi connectivity index (χ4n) is 6.89. The third kappa shape index (κ3) is 6.12. The molecule has 5 rings (SSSR count). The third-order valence-corrected chi connectivity index (χ3v) is 9.29. The number of nitrogens with zero attached hydrogens (tertiary/aromatic N) is 2. The molecule has 10 heteroatoms. The van der Waals surface area contributed by atoms with Crippen LogP contribution in [0.1, 0.15) is 51.0 Å². The number of likely N-dealkylation sites (tertiary alicyclic amines) is 2. The average molecular weight is 571 g/mol. The van der Waals surface area contributed by atoms with Gasteiger partial charge in [0.05, 0.1) is 20.8 Å². The lowest BCUT2D eigenvalue weighted by atomic mass is 9.65. The lowest BCUT2D eigenvalue weighted by Gasteiger charge is -2.45. The van der Waals surface area contributed by atoms with E-state index >= 15 is 0 Å².